The van der Waals surface area contributed by atoms with Crippen molar-refractivity contribution >= 4 is 5.69 Å². The minimum absolute atomic E-state index is 0.315. The van der Waals surface area contributed by atoms with E-state index in [0.717, 1.165) is 0 Å². The van der Waals surface area contributed by atoms with Crippen LogP contribution < -0.4 is 4.74 Å². The van der Waals surface area contributed by atoms with Crippen LogP contribution in [-0.4, -0.2) is 16.3 Å². The quantitative estimate of drug-likeness (QED) is 0.361. The van der Waals surface area contributed by atoms with Crippen LogP contribution in [0.1, 0.15) is 5.56 Å². The molecule has 0 aliphatic rings. The maximum atomic E-state index is 12.8. The first kappa shape index (κ1) is 13.6. The summed E-state index contributed by atoms with van der Waals surface area (Å²) >= 11 is 0. The molecule has 0 atom stereocenters. The van der Waals surface area contributed by atoms with E-state index in [0.29, 0.717) is 6.07 Å². The van der Waals surface area contributed by atoms with Crippen LogP contribution in [-0.2, 0) is 6.42 Å². The van der Waals surface area contributed by atoms with Crippen LogP contribution in [0.2, 0.25) is 0 Å². The van der Waals surface area contributed by atoms with E-state index < -0.39 is 40.8 Å². The van der Waals surface area contributed by atoms with Crippen molar-refractivity contribution in [2.45, 2.75) is 12.8 Å². The number of nitro groups is 1. The second-order valence-electron chi connectivity index (χ2n) is 2.89. The third-order valence-electron chi connectivity index (χ3n) is 1.70. The van der Waals surface area contributed by atoms with Gasteiger partial charge < -0.3 is 4.74 Å². The highest BCUT2D eigenvalue weighted by atomic mass is 19.4. The summed E-state index contributed by atoms with van der Waals surface area (Å²) in [5.74, 6) is -2.85. The fourth-order valence-corrected chi connectivity index (χ4v) is 1.11. The molecular weight excluding hydrogens is 262 g/mol. The molecule has 0 saturated heterocycles. The fourth-order valence-electron chi connectivity index (χ4n) is 1.11. The summed E-state index contributed by atoms with van der Waals surface area (Å²) in [7, 11) is 0. The Bertz CT molecular complexity index is 524. The number of pyridine rings is 1. The molecule has 0 bridgehead atoms. The van der Waals surface area contributed by atoms with Gasteiger partial charge in [-0.15, -0.1) is 13.2 Å². The number of hydrogen-bond acceptors (Lipinski definition) is 5. The van der Waals surface area contributed by atoms with Gasteiger partial charge in [0.1, 0.15) is 5.56 Å². The third kappa shape index (κ3) is 3.27. The zero-order chi connectivity index (χ0) is 13.9. The molecule has 0 saturated carbocycles. The summed E-state index contributed by atoms with van der Waals surface area (Å²) in [6.07, 6.45) is -5.96. The lowest BCUT2D eigenvalue weighted by Gasteiger charge is -2.10. The highest BCUT2D eigenvalue weighted by molar-refractivity contribution is 5.47. The number of ether oxygens (including phenoxy) is 1. The zero-order valence-corrected chi connectivity index (χ0v) is 8.36. The van der Waals surface area contributed by atoms with Crippen LogP contribution in [0.3, 0.4) is 0 Å². The van der Waals surface area contributed by atoms with Crippen molar-refractivity contribution in [2.24, 2.45) is 0 Å². The Morgan fingerprint density at radius 2 is 2.17 bits per heavy atom. The summed E-state index contributed by atoms with van der Waals surface area (Å²) in [6, 6.07) is 1.73. The summed E-state index contributed by atoms with van der Waals surface area (Å²) < 4.78 is 52.2. The van der Waals surface area contributed by atoms with Crippen molar-refractivity contribution in [2.75, 3.05) is 0 Å². The molecule has 0 amide bonds. The summed E-state index contributed by atoms with van der Waals surface area (Å²) in [5, 5.41) is 18.9. The molecule has 6 nitrogen and oxygen atoms in total. The first-order valence-electron chi connectivity index (χ1n) is 4.21. The van der Waals surface area contributed by atoms with E-state index in [4.69, 9.17) is 5.26 Å². The van der Waals surface area contributed by atoms with E-state index in [1.807, 2.05) is 0 Å². The average molecular weight is 265 g/mol. The summed E-state index contributed by atoms with van der Waals surface area (Å²) in [4.78, 5) is 12.2. The van der Waals surface area contributed by atoms with Crippen molar-refractivity contribution in [3.63, 3.8) is 0 Å². The zero-order valence-electron chi connectivity index (χ0n) is 8.36. The van der Waals surface area contributed by atoms with Crippen molar-refractivity contribution < 1.29 is 27.2 Å². The minimum atomic E-state index is -5.20. The van der Waals surface area contributed by atoms with Gasteiger partial charge in [0.05, 0.1) is 23.5 Å². The van der Waals surface area contributed by atoms with Crippen LogP contribution in [0.4, 0.5) is 23.2 Å². The minimum Gasteiger partial charge on any atom is -0.387 e. The second-order valence-corrected chi connectivity index (χ2v) is 2.89. The molecule has 0 unspecified atom stereocenters. The van der Waals surface area contributed by atoms with Crippen molar-refractivity contribution in [3.05, 3.63) is 27.7 Å². The molecule has 18 heavy (non-hydrogen) atoms. The van der Waals surface area contributed by atoms with Gasteiger partial charge in [-0.1, -0.05) is 0 Å². The van der Waals surface area contributed by atoms with Crippen molar-refractivity contribution in [3.8, 4) is 11.9 Å². The Hall–Kier alpha value is -2.44. The van der Waals surface area contributed by atoms with E-state index in [1.54, 1.807) is 0 Å². The van der Waals surface area contributed by atoms with Gasteiger partial charge >= 0.3 is 6.36 Å². The standard InChI is InChI=1S/C8H3F4N3O3/c9-6-3-5(15(16)17)4(1-2-13)7(14-6)18-8(10,11)12/h3H,1H2. The van der Waals surface area contributed by atoms with Gasteiger partial charge in [-0.05, 0) is 0 Å². The number of nitrogens with zero attached hydrogens (tertiary/aromatic N) is 3. The van der Waals surface area contributed by atoms with Gasteiger partial charge in [0, 0.05) is 0 Å². The molecule has 1 rings (SSSR count). The molecule has 0 spiro atoms. The van der Waals surface area contributed by atoms with Gasteiger partial charge in [0.25, 0.3) is 5.69 Å². The van der Waals surface area contributed by atoms with E-state index in [1.165, 1.54) is 6.07 Å². The number of nitriles is 1. The van der Waals surface area contributed by atoms with Crippen molar-refractivity contribution in [1.29, 1.82) is 5.26 Å². The summed E-state index contributed by atoms with van der Waals surface area (Å²) in [5.41, 5.74) is -1.73. The van der Waals surface area contributed by atoms with Crippen LogP contribution in [0.5, 0.6) is 5.88 Å². The lowest BCUT2D eigenvalue weighted by molar-refractivity contribution is -0.386. The number of aromatic nitrogens is 1. The third-order valence-corrected chi connectivity index (χ3v) is 1.70. The van der Waals surface area contributed by atoms with Crippen molar-refractivity contribution in [1.82, 2.24) is 4.98 Å². The molecule has 1 heterocycles. The predicted octanol–water partition coefficient (Wildman–Crippen LogP) is 2.09. The molecule has 0 aliphatic heterocycles. The monoisotopic (exact) mass is 265 g/mol. The molecule has 96 valence electrons. The van der Waals surface area contributed by atoms with Gasteiger partial charge in [0.2, 0.25) is 11.8 Å². The number of rotatable bonds is 3. The molecule has 0 radical (unpaired) electrons. The normalized spacial score (nSPS) is 10.8. The van der Waals surface area contributed by atoms with Gasteiger partial charge in [-0.3, -0.25) is 10.1 Å². The second kappa shape index (κ2) is 4.82. The maximum Gasteiger partial charge on any atom is 0.574 e. The van der Waals surface area contributed by atoms with E-state index in [-0.39, 0.29) is 0 Å². The van der Waals surface area contributed by atoms with Crippen LogP contribution in [0.15, 0.2) is 6.07 Å². The SMILES string of the molecule is N#CCc1c([N+](=O)[O-])cc(F)nc1OC(F)(F)F. The Morgan fingerprint density at radius 3 is 2.61 bits per heavy atom. The lowest BCUT2D eigenvalue weighted by Crippen LogP contribution is -2.20. The number of halogens is 4. The fraction of sp³-hybridized carbons (Fsp3) is 0.250. The molecule has 0 fully saturated rings. The molecular formula is C8H3F4N3O3. The van der Waals surface area contributed by atoms with E-state index in [2.05, 4.69) is 9.72 Å². The molecule has 0 aromatic carbocycles. The van der Waals surface area contributed by atoms with Crippen LogP contribution in [0.25, 0.3) is 0 Å². The topological polar surface area (TPSA) is 89.0 Å². The molecule has 0 N–H and O–H groups in total. The molecule has 1 aromatic rings. The molecule has 1 aromatic heterocycles. The Kier molecular flexibility index (Phi) is 3.65. The highest BCUT2D eigenvalue weighted by Crippen LogP contribution is 2.31. The first-order chi connectivity index (χ1) is 8.24. The molecule has 10 heteroatoms. The maximum absolute atomic E-state index is 12.8. The average Bonchev–Trinajstić information content (AvgIpc) is 2.19. The van der Waals surface area contributed by atoms with E-state index >= 15 is 0 Å². The first-order valence-corrected chi connectivity index (χ1v) is 4.21. The smallest absolute Gasteiger partial charge is 0.387 e. The predicted molar refractivity (Wildman–Crippen MR) is 46.8 cm³/mol. The van der Waals surface area contributed by atoms with Gasteiger partial charge in [-0.25, -0.2) is 0 Å². The Balaban J connectivity index is 3.39. The van der Waals surface area contributed by atoms with Crippen LogP contribution >= 0.6 is 0 Å². The number of hydrogen-bond donors (Lipinski definition) is 0. The van der Waals surface area contributed by atoms with Gasteiger partial charge in [-0.2, -0.15) is 14.6 Å². The summed E-state index contributed by atoms with van der Waals surface area (Å²) in [6.45, 7) is 0. The Morgan fingerprint density at radius 1 is 1.56 bits per heavy atom. The number of alkyl halides is 3. The van der Waals surface area contributed by atoms with E-state index in [9.17, 15) is 27.7 Å². The molecule has 0 aliphatic carbocycles. The lowest BCUT2D eigenvalue weighted by atomic mass is 10.2. The van der Waals surface area contributed by atoms with Crippen LogP contribution in [0, 0.1) is 27.4 Å². The van der Waals surface area contributed by atoms with Gasteiger partial charge in [0.15, 0.2) is 0 Å². The largest absolute Gasteiger partial charge is 0.574 e. The highest BCUT2D eigenvalue weighted by Gasteiger charge is 2.35. The Labute approximate surface area is 96.6 Å².